The van der Waals surface area contributed by atoms with Gasteiger partial charge in [-0.15, -0.1) is 0 Å². The molecular weight excluding hydrogens is 242 g/mol. The smallest absolute Gasteiger partial charge is 0.338 e. The lowest BCUT2D eigenvalue weighted by Gasteiger charge is -2.18. The standard InChI is InChI=1S/C15H21NO3/c1-15(2,3)19-14(17)13-12(18-13)9-11(16)10-7-5-4-6-8-10/h4-8,11-13H,9,16H2,1-3H3. The van der Waals surface area contributed by atoms with E-state index >= 15 is 0 Å². The molecule has 0 aliphatic carbocycles. The first kappa shape index (κ1) is 14.0. The molecule has 1 aromatic carbocycles. The highest BCUT2D eigenvalue weighted by atomic mass is 16.6. The molecule has 2 N–H and O–H groups in total. The average molecular weight is 263 g/mol. The molecule has 1 aliphatic rings. The number of hydrogen-bond donors (Lipinski definition) is 1. The summed E-state index contributed by atoms with van der Waals surface area (Å²) in [5.41, 5.74) is 6.67. The minimum atomic E-state index is -0.477. The molecular formula is C15H21NO3. The van der Waals surface area contributed by atoms with Crippen molar-refractivity contribution in [3.63, 3.8) is 0 Å². The number of hydrogen-bond acceptors (Lipinski definition) is 4. The van der Waals surface area contributed by atoms with E-state index in [0.717, 1.165) is 5.56 Å². The molecule has 0 spiro atoms. The van der Waals surface area contributed by atoms with Crippen LogP contribution in [0.4, 0.5) is 0 Å². The van der Waals surface area contributed by atoms with Crippen molar-refractivity contribution in [1.82, 2.24) is 0 Å². The van der Waals surface area contributed by atoms with Gasteiger partial charge in [0, 0.05) is 6.04 Å². The highest BCUT2D eigenvalue weighted by molar-refractivity contribution is 5.78. The highest BCUT2D eigenvalue weighted by Gasteiger charge is 2.47. The van der Waals surface area contributed by atoms with Crippen molar-refractivity contribution in [2.24, 2.45) is 5.73 Å². The number of ether oxygens (including phenoxy) is 2. The van der Waals surface area contributed by atoms with Gasteiger partial charge in [-0.05, 0) is 32.8 Å². The molecule has 0 saturated carbocycles. The third-order valence-corrected chi connectivity index (χ3v) is 2.94. The molecule has 3 atom stereocenters. The normalized spacial score (nSPS) is 23.8. The van der Waals surface area contributed by atoms with E-state index in [-0.39, 0.29) is 18.1 Å². The summed E-state index contributed by atoms with van der Waals surface area (Å²) in [6, 6.07) is 9.71. The second-order valence-electron chi connectivity index (χ2n) is 5.88. The first-order valence-corrected chi connectivity index (χ1v) is 6.55. The van der Waals surface area contributed by atoms with E-state index in [1.54, 1.807) is 0 Å². The van der Waals surface area contributed by atoms with Crippen molar-refractivity contribution >= 4 is 5.97 Å². The maximum Gasteiger partial charge on any atom is 0.338 e. The Morgan fingerprint density at radius 1 is 1.37 bits per heavy atom. The summed E-state index contributed by atoms with van der Waals surface area (Å²) < 4.78 is 10.6. The quantitative estimate of drug-likeness (QED) is 0.668. The van der Waals surface area contributed by atoms with Gasteiger partial charge in [0.25, 0.3) is 0 Å². The van der Waals surface area contributed by atoms with Crippen LogP contribution in [0.5, 0.6) is 0 Å². The first-order valence-electron chi connectivity index (χ1n) is 6.55. The number of nitrogens with two attached hydrogens (primary N) is 1. The van der Waals surface area contributed by atoms with E-state index in [1.807, 2.05) is 51.1 Å². The van der Waals surface area contributed by atoms with Gasteiger partial charge < -0.3 is 15.2 Å². The summed E-state index contributed by atoms with van der Waals surface area (Å²) >= 11 is 0. The summed E-state index contributed by atoms with van der Waals surface area (Å²) in [5, 5.41) is 0. The number of esters is 1. The van der Waals surface area contributed by atoms with Crippen LogP contribution in [-0.4, -0.2) is 23.8 Å². The Balaban J connectivity index is 1.82. The Hall–Kier alpha value is -1.39. The number of epoxide rings is 1. The lowest BCUT2D eigenvalue weighted by atomic mass is 10.0. The molecule has 4 heteroatoms. The van der Waals surface area contributed by atoms with E-state index in [4.69, 9.17) is 15.2 Å². The highest BCUT2D eigenvalue weighted by Crippen LogP contribution is 2.32. The zero-order valence-electron chi connectivity index (χ0n) is 11.6. The van der Waals surface area contributed by atoms with Crippen molar-refractivity contribution in [1.29, 1.82) is 0 Å². The molecule has 4 nitrogen and oxygen atoms in total. The van der Waals surface area contributed by atoms with Crippen LogP contribution in [0.2, 0.25) is 0 Å². The van der Waals surface area contributed by atoms with Gasteiger partial charge >= 0.3 is 5.97 Å². The van der Waals surface area contributed by atoms with Crippen LogP contribution in [-0.2, 0) is 14.3 Å². The Morgan fingerprint density at radius 2 is 2.00 bits per heavy atom. The first-order chi connectivity index (χ1) is 8.87. The Bertz CT molecular complexity index is 438. The van der Waals surface area contributed by atoms with Crippen LogP contribution in [0.15, 0.2) is 30.3 Å². The van der Waals surface area contributed by atoms with Crippen LogP contribution < -0.4 is 5.73 Å². The van der Waals surface area contributed by atoms with Crippen molar-refractivity contribution in [2.75, 3.05) is 0 Å². The van der Waals surface area contributed by atoms with Gasteiger partial charge in [-0.2, -0.15) is 0 Å². The topological polar surface area (TPSA) is 64.8 Å². The van der Waals surface area contributed by atoms with Gasteiger partial charge in [0.15, 0.2) is 6.10 Å². The van der Waals surface area contributed by atoms with Gasteiger partial charge in [0.2, 0.25) is 0 Å². The summed E-state index contributed by atoms with van der Waals surface area (Å²) in [7, 11) is 0. The molecule has 3 unspecified atom stereocenters. The zero-order chi connectivity index (χ0) is 14.0. The number of benzene rings is 1. The van der Waals surface area contributed by atoms with Crippen LogP contribution in [0, 0.1) is 0 Å². The molecule has 19 heavy (non-hydrogen) atoms. The van der Waals surface area contributed by atoms with E-state index < -0.39 is 11.7 Å². The van der Waals surface area contributed by atoms with E-state index in [2.05, 4.69) is 0 Å². The van der Waals surface area contributed by atoms with Gasteiger partial charge in [0.1, 0.15) is 5.60 Å². The van der Waals surface area contributed by atoms with Crippen LogP contribution in [0.3, 0.4) is 0 Å². The minimum Gasteiger partial charge on any atom is -0.458 e. The predicted octanol–water partition coefficient (Wildman–Crippen LogP) is 2.19. The molecule has 0 bridgehead atoms. The summed E-state index contributed by atoms with van der Waals surface area (Å²) in [5.74, 6) is -0.294. The van der Waals surface area contributed by atoms with E-state index in [1.165, 1.54) is 0 Å². The van der Waals surface area contributed by atoms with E-state index in [0.29, 0.717) is 6.42 Å². The lowest BCUT2D eigenvalue weighted by Crippen LogP contribution is -2.28. The second-order valence-corrected chi connectivity index (χ2v) is 5.88. The zero-order valence-corrected chi connectivity index (χ0v) is 11.6. The molecule has 1 aromatic rings. The minimum absolute atomic E-state index is 0.112. The second kappa shape index (κ2) is 5.31. The molecule has 1 heterocycles. The Labute approximate surface area is 113 Å². The van der Waals surface area contributed by atoms with Crippen LogP contribution in [0.25, 0.3) is 0 Å². The van der Waals surface area contributed by atoms with Crippen molar-refractivity contribution in [3.8, 4) is 0 Å². The molecule has 0 radical (unpaired) electrons. The van der Waals surface area contributed by atoms with Gasteiger partial charge in [-0.3, -0.25) is 0 Å². The molecule has 1 aliphatic heterocycles. The summed E-state index contributed by atoms with van der Waals surface area (Å²) in [6.45, 7) is 5.54. The SMILES string of the molecule is CC(C)(C)OC(=O)C1OC1CC(N)c1ccccc1. The third kappa shape index (κ3) is 4.04. The van der Waals surface area contributed by atoms with Crippen molar-refractivity contribution in [3.05, 3.63) is 35.9 Å². The van der Waals surface area contributed by atoms with Crippen LogP contribution in [0.1, 0.15) is 38.8 Å². The lowest BCUT2D eigenvalue weighted by molar-refractivity contribution is -0.156. The monoisotopic (exact) mass is 263 g/mol. The van der Waals surface area contributed by atoms with Gasteiger partial charge in [0.05, 0.1) is 6.10 Å². The Kier molecular flexibility index (Phi) is 3.92. The van der Waals surface area contributed by atoms with Gasteiger partial charge in [-0.1, -0.05) is 30.3 Å². The molecule has 2 rings (SSSR count). The fraction of sp³-hybridized carbons (Fsp3) is 0.533. The largest absolute Gasteiger partial charge is 0.458 e. The van der Waals surface area contributed by atoms with Crippen LogP contribution >= 0.6 is 0 Å². The summed E-state index contributed by atoms with van der Waals surface area (Å²) in [4.78, 5) is 11.8. The maximum absolute atomic E-state index is 11.8. The number of carbonyl (C=O) groups excluding carboxylic acids is 1. The van der Waals surface area contributed by atoms with E-state index in [9.17, 15) is 4.79 Å². The summed E-state index contributed by atoms with van der Waals surface area (Å²) in [6.07, 6.45) is 0.0625. The molecule has 0 aromatic heterocycles. The molecule has 1 fully saturated rings. The van der Waals surface area contributed by atoms with Crippen molar-refractivity contribution in [2.45, 2.75) is 51.0 Å². The number of rotatable bonds is 4. The molecule has 104 valence electrons. The van der Waals surface area contributed by atoms with Crippen molar-refractivity contribution < 1.29 is 14.3 Å². The van der Waals surface area contributed by atoms with Gasteiger partial charge in [-0.25, -0.2) is 4.79 Å². The number of carbonyl (C=O) groups is 1. The Morgan fingerprint density at radius 3 is 2.58 bits per heavy atom. The molecule has 1 saturated heterocycles. The maximum atomic E-state index is 11.8. The molecule has 0 amide bonds. The predicted molar refractivity (Wildman–Crippen MR) is 72.5 cm³/mol. The fourth-order valence-corrected chi connectivity index (χ4v) is 1.98. The third-order valence-electron chi connectivity index (χ3n) is 2.94. The fourth-order valence-electron chi connectivity index (χ4n) is 1.98. The average Bonchev–Trinajstić information content (AvgIpc) is 3.07.